The predicted octanol–water partition coefficient (Wildman–Crippen LogP) is 0.757. The number of hydrogen-bond donors (Lipinski definition) is 1. The Kier molecular flexibility index (Phi) is 4.20. The monoisotopic (exact) mass is 333 g/mol. The second kappa shape index (κ2) is 5.81. The third-order valence-corrected chi connectivity index (χ3v) is 5.81. The Morgan fingerprint density at radius 3 is 2.57 bits per heavy atom. The lowest BCUT2D eigenvalue weighted by Crippen LogP contribution is -2.63. The molecule has 0 saturated carbocycles. The molecule has 3 aliphatic heterocycles. The maximum absolute atomic E-state index is 13.1. The molecule has 5 nitrogen and oxygen atoms in total. The first-order valence-electron chi connectivity index (χ1n) is 6.87. The summed E-state index contributed by atoms with van der Waals surface area (Å²) in [6.07, 6.45) is 0. The molecule has 3 aliphatic rings. The topological polar surface area (TPSA) is 52.7 Å². The average Bonchev–Trinajstić information content (AvgIpc) is 2.49. The van der Waals surface area contributed by atoms with E-state index in [1.54, 1.807) is 0 Å². The Balaban J connectivity index is 1.67. The highest BCUT2D eigenvalue weighted by atomic mass is 35.5. The zero-order valence-corrected chi connectivity index (χ0v) is 13.0. The molecular weight excluding hydrogens is 317 g/mol. The summed E-state index contributed by atoms with van der Waals surface area (Å²) in [7, 11) is -3.66. The van der Waals surface area contributed by atoms with Crippen molar-refractivity contribution >= 4 is 21.6 Å². The molecule has 0 aliphatic carbocycles. The van der Waals surface area contributed by atoms with Gasteiger partial charge in [-0.25, -0.2) is 17.5 Å². The first-order valence-corrected chi connectivity index (χ1v) is 8.73. The third kappa shape index (κ3) is 3.22. The van der Waals surface area contributed by atoms with Crippen molar-refractivity contribution in [1.29, 1.82) is 0 Å². The van der Waals surface area contributed by atoms with E-state index in [2.05, 4.69) is 14.5 Å². The number of halogens is 2. The molecule has 3 fully saturated rings. The molecule has 4 rings (SSSR count). The zero-order chi connectivity index (χ0) is 15.0. The molecule has 116 valence electrons. The maximum atomic E-state index is 13.1. The molecule has 1 N–H and O–H groups in total. The summed E-state index contributed by atoms with van der Waals surface area (Å²) in [4.78, 5) is 4.64. The molecule has 0 spiro atoms. The van der Waals surface area contributed by atoms with Crippen LogP contribution in [-0.2, 0) is 10.0 Å². The Morgan fingerprint density at radius 2 is 2.00 bits per heavy atom. The lowest BCUT2D eigenvalue weighted by Gasteiger charge is -2.47. The lowest BCUT2D eigenvalue weighted by molar-refractivity contribution is 0.0158. The average molecular weight is 334 g/mol. The van der Waals surface area contributed by atoms with E-state index < -0.39 is 15.8 Å². The van der Waals surface area contributed by atoms with Crippen LogP contribution in [0.15, 0.2) is 23.1 Å². The Morgan fingerprint density at radius 1 is 1.29 bits per heavy atom. The highest BCUT2D eigenvalue weighted by Crippen LogP contribution is 2.20. The van der Waals surface area contributed by atoms with Crippen LogP contribution in [-0.4, -0.2) is 63.5 Å². The highest BCUT2D eigenvalue weighted by Gasteiger charge is 2.32. The molecule has 1 unspecified atom stereocenters. The van der Waals surface area contributed by atoms with Gasteiger partial charge in [0.05, 0.1) is 9.92 Å². The van der Waals surface area contributed by atoms with E-state index in [-0.39, 0.29) is 16.0 Å². The number of nitrogens with one attached hydrogen (secondary N) is 1. The summed E-state index contributed by atoms with van der Waals surface area (Å²) < 4.78 is 40.1. The van der Waals surface area contributed by atoms with E-state index in [0.717, 1.165) is 44.9 Å². The SMILES string of the molecule is O=S(=O)(NCC1CN2CCN1CC2)c1ccc(F)c(Cl)c1. The summed E-state index contributed by atoms with van der Waals surface area (Å²) in [6.45, 7) is 5.30. The van der Waals surface area contributed by atoms with Gasteiger partial charge in [0, 0.05) is 45.3 Å². The molecule has 1 aromatic rings. The molecule has 3 saturated heterocycles. The van der Waals surface area contributed by atoms with Gasteiger partial charge >= 0.3 is 0 Å². The van der Waals surface area contributed by atoms with Gasteiger partial charge in [0.15, 0.2) is 0 Å². The summed E-state index contributed by atoms with van der Waals surface area (Å²) in [5, 5.41) is -0.190. The van der Waals surface area contributed by atoms with Crippen LogP contribution in [0.5, 0.6) is 0 Å². The van der Waals surface area contributed by atoms with Gasteiger partial charge in [-0.1, -0.05) is 11.6 Å². The van der Waals surface area contributed by atoms with Crippen molar-refractivity contribution in [3.05, 3.63) is 29.0 Å². The van der Waals surface area contributed by atoms with Crippen LogP contribution >= 0.6 is 11.6 Å². The van der Waals surface area contributed by atoms with Gasteiger partial charge < -0.3 is 0 Å². The smallest absolute Gasteiger partial charge is 0.240 e. The van der Waals surface area contributed by atoms with Gasteiger partial charge in [-0.3, -0.25) is 9.80 Å². The Labute approximate surface area is 128 Å². The number of sulfonamides is 1. The van der Waals surface area contributed by atoms with Crippen molar-refractivity contribution < 1.29 is 12.8 Å². The lowest BCUT2D eigenvalue weighted by atomic mass is 10.1. The van der Waals surface area contributed by atoms with E-state index in [0.29, 0.717) is 6.54 Å². The molecule has 21 heavy (non-hydrogen) atoms. The standard InChI is InChI=1S/C13H17ClFN3O2S/c14-12-7-11(1-2-13(12)15)21(19,20)16-8-10-9-17-3-5-18(10)6-4-17/h1-2,7,10,16H,3-6,8-9H2. The molecule has 3 heterocycles. The van der Waals surface area contributed by atoms with Gasteiger partial charge in [0.25, 0.3) is 0 Å². The first kappa shape index (κ1) is 15.2. The molecule has 8 heteroatoms. The predicted molar refractivity (Wildman–Crippen MR) is 78.4 cm³/mol. The van der Waals surface area contributed by atoms with E-state index in [1.165, 1.54) is 6.07 Å². The van der Waals surface area contributed by atoms with E-state index in [9.17, 15) is 12.8 Å². The van der Waals surface area contributed by atoms with Crippen molar-refractivity contribution in [2.24, 2.45) is 0 Å². The van der Waals surface area contributed by atoms with Crippen molar-refractivity contribution in [3.8, 4) is 0 Å². The summed E-state index contributed by atoms with van der Waals surface area (Å²) >= 11 is 5.64. The number of fused-ring (bicyclic) bond motifs is 3. The van der Waals surface area contributed by atoms with Gasteiger partial charge in [0.1, 0.15) is 5.82 Å². The molecule has 1 atom stereocenters. The molecule has 0 amide bonds. The normalized spacial score (nSPS) is 28.8. The molecule has 2 bridgehead atoms. The zero-order valence-electron chi connectivity index (χ0n) is 11.4. The number of hydrogen-bond acceptors (Lipinski definition) is 4. The molecule has 0 aromatic heterocycles. The van der Waals surface area contributed by atoms with Crippen LogP contribution in [0.4, 0.5) is 4.39 Å². The summed E-state index contributed by atoms with van der Waals surface area (Å²) in [5.41, 5.74) is 0. The first-order chi connectivity index (χ1) is 9.95. The van der Waals surface area contributed by atoms with E-state index in [1.807, 2.05) is 0 Å². The fourth-order valence-corrected chi connectivity index (χ4v) is 4.20. The van der Waals surface area contributed by atoms with Gasteiger partial charge in [0.2, 0.25) is 10.0 Å². The highest BCUT2D eigenvalue weighted by molar-refractivity contribution is 7.89. The molecule has 1 aromatic carbocycles. The van der Waals surface area contributed by atoms with Crippen molar-refractivity contribution in [2.75, 3.05) is 39.3 Å². The van der Waals surface area contributed by atoms with Crippen molar-refractivity contribution in [1.82, 2.24) is 14.5 Å². The minimum Gasteiger partial charge on any atom is -0.299 e. The van der Waals surface area contributed by atoms with Crippen molar-refractivity contribution in [2.45, 2.75) is 10.9 Å². The van der Waals surface area contributed by atoms with Gasteiger partial charge in [-0.2, -0.15) is 0 Å². The minimum atomic E-state index is -3.66. The van der Waals surface area contributed by atoms with Crippen LogP contribution in [0, 0.1) is 5.82 Å². The number of piperazine rings is 3. The summed E-state index contributed by atoms with van der Waals surface area (Å²) in [6, 6.07) is 3.61. The quantitative estimate of drug-likeness (QED) is 0.884. The fourth-order valence-electron chi connectivity index (χ4n) is 2.85. The maximum Gasteiger partial charge on any atom is 0.240 e. The minimum absolute atomic E-state index is 0.00910. The van der Waals surface area contributed by atoms with Crippen LogP contribution < -0.4 is 4.72 Å². The van der Waals surface area contributed by atoms with E-state index >= 15 is 0 Å². The van der Waals surface area contributed by atoms with Crippen LogP contribution in [0.2, 0.25) is 5.02 Å². The van der Waals surface area contributed by atoms with Crippen LogP contribution in [0.25, 0.3) is 0 Å². The third-order valence-electron chi connectivity index (χ3n) is 4.10. The van der Waals surface area contributed by atoms with Gasteiger partial charge in [-0.05, 0) is 18.2 Å². The Bertz CT molecular complexity index is 632. The largest absolute Gasteiger partial charge is 0.299 e. The summed E-state index contributed by atoms with van der Waals surface area (Å²) in [5.74, 6) is -0.626. The number of rotatable bonds is 4. The van der Waals surface area contributed by atoms with Crippen LogP contribution in [0.1, 0.15) is 0 Å². The Hall–Kier alpha value is -0.730. The number of nitrogens with zero attached hydrogens (tertiary/aromatic N) is 2. The second-order valence-electron chi connectivity index (χ2n) is 5.42. The molecule has 0 radical (unpaired) electrons. The van der Waals surface area contributed by atoms with Crippen molar-refractivity contribution in [3.63, 3.8) is 0 Å². The molecular formula is C13H17ClFN3O2S. The van der Waals surface area contributed by atoms with Gasteiger partial charge in [-0.15, -0.1) is 0 Å². The number of benzene rings is 1. The second-order valence-corrected chi connectivity index (χ2v) is 7.59. The van der Waals surface area contributed by atoms with Crippen LogP contribution in [0.3, 0.4) is 0 Å². The fraction of sp³-hybridized carbons (Fsp3) is 0.538. The van der Waals surface area contributed by atoms with E-state index in [4.69, 9.17) is 11.6 Å².